The first kappa shape index (κ1) is 18.1. The molecule has 0 saturated carbocycles. The molecule has 114 valence electrons. The zero-order valence-electron chi connectivity index (χ0n) is 10.8. The molecule has 2 rings (SSSR count). The molecule has 2 nitrogen and oxygen atoms in total. The summed E-state index contributed by atoms with van der Waals surface area (Å²) in [6, 6.07) is 5.13. The third-order valence-corrected chi connectivity index (χ3v) is 4.14. The van der Waals surface area contributed by atoms with E-state index in [1.165, 1.54) is 0 Å². The fourth-order valence-corrected chi connectivity index (χ4v) is 3.21. The highest BCUT2D eigenvalue weighted by atomic mass is 79.9. The van der Waals surface area contributed by atoms with E-state index < -0.39 is 6.43 Å². The van der Waals surface area contributed by atoms with Crippen molar-refractivity contribution in [3.63, 3.8) is 0 Å². The van der Waals surface area contributed by atoms with Crippen molar-refractivity contribution < 1.29 is 8.78 Å². The number of rotatable bonds is 4. The Bertz CT molecular complexity index is 429. The first-order chi connectivity index (χ1) is 9.08. The van der Waals surface area contributed by atoms with E-state index in [0.717, 1.165) is 36.2 Å². The lowest BCUT2D eigenvalue weighted by molar-refractivity contribution is 0.0739. The van der Waals surface area contributed by atoms with Crippen LogP contribution in [0.3, 0.4) is 0 Å². The molecule has 1 aliphatic heterocycles. The highest BCUT2D eigenvalue weighted by Gasteiger charge is 2.26. The Balaban J connectivity index is 0.00000200. The summed E-state index contributed by atoms with van der Waals surface area (Å²) in [6.07, 6.45) is -2.51. The maximum absolute atomic E-state index is 12.8. The van der Waals surface area contributed by atoms with Gasteiger partial charge >= 0.3 is 0 Å². The second-order valence-corrected chi connectivity index (χ2v) is 5.92. The SMILES string of the molecule is Cl.FC(F)C[C@@H](c1ccc(Br)cc1Cl)N1CCNCC1. The van der Waals surface area contributed by atoms with Crippen LogP contribution in [0.1, 0.15) is 18.0 Å². The zero-order chi connectivity index (χ0) is 13.8. The Labute approximate surface area is 137 Å². The largest absolute Gasteiger partial charge is 0.314 e. The van der Waals surface area contributed by atoms with Crippen molar-refractivity contribution in [3.05, 3.63) is 33.3 Å². The van der Waals surface area contributed by atoms with Crippen molar-refractivity contribution in [2.24, 2.45) is 0 Å². The van der Waals surface area contributed by atoms with E-state index in [1.807, 2.05) is 12.1 Å². The van der Waals surface area contributed by atoms with Crippen LogP contribution in [0.25, 0.3) is 0 Å². The molecule has 1 fully saturated rings. The van der Waals surface area contributed by atoms with E-state index in [2.05, 4.69) is 26.1 Å². The fourth-order valence-electron chi connectivity index (χ4n) is 2.41. The smallest absolute Gasteiger partial charge is 0.240 e. The topological polar surface area (TPSA) is 15.3 Å². The third-order valence-electron chi connectivity index (χ3n) is 3.32. The van der Waals surface area contributed by atoms with Gasteiger partial charge in [-0.15, -0.1) is 12.4 Å². The number of hydrogen-bond acceptors (Lipinski definition) is 2. The summed E-state index contributed by atoms with van der Waals surface area (Å²) in [5.74, 6) is 0. The van der Waals surface area contributed by atoms with Gasteiger partial charge in [0, 0.05) is 48.1 Å². The number of piperazine rings is 1. The predicted molar refractivity (Wildman–Crippen MR) is 84.2 cm³/mol. The zero-order valence-corrected chi connectivity index (χ0v) is 13.9. The summed E-state index contributed by atoms with van der Waals surface area (Å²) >= 11 is 9.55. The number of nitrogens with zero attached hydrogens (tertiary/aromatic N) is 1. The number of halogens is 5. The molecule has 1 aromatic carbocycles. The third kappa shape index (κ3) is 4.81. The molecule has 1 aliphatic rings. The van der Waals surface area contributed by atoms with Gasteiger partial charge < -0.3 is 5.32 Å². The summed E-state index contributed by atoms with van der Waals surface area (Å²) in [4.78, 5) is 2.08. The van der Waals surface area contributed by atoms with Gasteiger partial charge in [0.05, 0.1) is 0 Å². The normalized spacial score (nSPS) is 17.9. The van der Waals surface area contributed by atoms with Gasteiger partial charge in [-0.2, -0.15) is 0 Å². The van der Waals surface area contributed by atoms with E-state index in [9.17, 15) is 8.78 Å². The molecular weight excluding hydrogens is 373 g/mol. The lowest BCUT2D eigenvalue weighted by Gasteiger charge is -2.35. The maximum Gasteiger partial charge on any atom is 0.240 e. The molecule has 1 aromatic rings. The maximum atomic E-state index is 12.8. The second kappa shape index (κ2) is 8.49. The number of benzene rings is 1. The monoisotopic (exact) mass is 388 g/mol. The molecule has 0 spiro atoms. The summed E-state index contributed by atoms with van der Waals surface area (Å²) in [5.41, 5.74) is 0.784. The van der Waals surface area contributed by atoms with Crippen LogP contribution in [-0.4, -0.2) is 37.5 Å². The van der Waals surface area contributed by atoms with Crippen molar-refractivity contribution in [2.75, 3.05) is 26.2 Å². The van der Waals surface area contributed by atoms with Crippen molar-refractivity contribution in [1.82, 2.24) is 10.2 Å². The quantitative estimate of drug-likeness (QED) is 0.832. The van der Waals surface area contributed by atoms with Crippen molar-refractivity contribution in [3.8, 4) is 0 Å². The molecule has 1 atom stereocenters. The van der Waals surface area contributed by atoms with Crippen molar-refractivity contribution in [2.45, 2.75) is 18.9 Å². The lowest BCUT2D eigenvalue weighted by atomic mass is 10.0. The van der Waals surface area contributed by atoms with Crippen LogP contribution in [-0.2, 0) is 0 Å². The van der Waals surface area contributed by atoms with E-state index in [1.54, 1.807) is 6.07 Å². The van der Waals surface area contributed by atoms with Gasteiger partial charge in [-0.05, 0) is 17.7 Å². The number of hydrogen-bond donors (Lipinski definition) is 1. The van der Waals surface area contributed by atoms with Gasteiger partial charge in [0.2, 0.25) is 6.43 Å². The molecular formula is C13H17BrCl2F2N2. The number of nitrogens with one attached hydrogen (secondary N) is 1. The van der Waals surface area contributed by atoms with E-state index >= 15 is 0 Å². The predicted octanol–water partition coefficient (Wildman–Crippen LogP) is 4.13. The van der Waals surface area contributed by atoms with Crippen LogP contribution in [0.2, 0.25) is 5.02 Å². The van der Waals surface area contributed by atoms with E-state index in [4.69, 9.17) is 11.6 Å². The molecule has 7 heteroatoms. The minimum Gasteiger partial charge on any atom is -0.314 e. The Morgan fingerprint density at radius 1 is 1.30 bits per heavy atom. The Morgan fingerprint density at radius 3 is 2.50 bits per heavy atom. The molecule has 0 unspecified atom stereocenters. The Kier molecular flexibility index (Phi) is 7.69. The molecule has 1 N–H and O–H groups in total. The van der Waals surface area contributed by atoms with Crippen LogP contribution in [0.4, 0.5) is 8.78 Å². The van der Waals surface area contributed by atoms with E-state index in [-0.39, 0.29) is 24.9 Å². The van der Waals surface area contributed by atoms with Gasteiger partial charge in [0.25, 0.3) is 0 Å². The first-order valence-corrected chi connectivity index (χ1v) is 7.43. The summed E-state index contributed by atoms with van der Waals surface area (Å²) in [5, 5.41) is 3.77. The van der Waals surface area contributed by atoms with Crippen molar-refractivity contribution >= 4 is 39.9 Å². The Hall–Kier alpha value is 0.0600. The van der Waals surface area contributed by atoms with Crippen LogP contribution in [0.5, 0.6) is 0 Å². The minimum atomic E-state index is -2.33. The second-order valence-electron chi connectivity index (χ2n) is 4.59. The highest BCUT2D eigenvalue weighted by Crippen LogP contribution is 2.34. The van der Waals surface area contributed by atoms with Gasteiger partial charge in [0.1, 0.15) is 0 Å². The average molecular weight is 390 g/mol. The van der Waals surface area contributed by atoms with Crippen LogP contribution >= 0.6 is 39.9 Å². The first-order valence-electron chi connectivity index (χ1n) is 6.26. The summed E-state index contributed by atoms with van der Waals surface area (Å²) in [7, 11) is 0. The van der Waals surface area contributed by atoms with Gasteiger partial charge in [0.15, 0.2) is 0 Å². The average Bonchev–Trinajstić information content (AvgIpc) is 2.37. The number of alkyl halides is 2. The summed E-state index contributed by atoms with van der Waals surface area (Å²) in [6.45, 7) is 3.19. The van der Waals surface area contributed by atoms with Crippen LogP contribution < -0.4 is 5.32 Å². The minimum absolute atomic E-state index is 0. The van der Waals surface area contributed by atoms with Crippen LogP contribution in [0.15, 0.2) is 22.7 Å². The molecule has 1 saturated heterocycles. The van der Waals surface area contributed by atoms with Gasteiger partial charge in [-0.25, -0.2) is 8.78 Å². The summed E-state index contributed by atoms with van der Waals surface area (Å²) < 4.78 is 26.5. The van der Waals surface area contributed by atoms with Crippen LogP contribution in [0, 0.1) is 0 Å². The van der Waals surface area contributed by atoms with E-state index in [0.29, 0.717) is 5.02 Å². The molecule has 0 radical (unpaired) electrons. The molecule has 0 amide bonds. The molecule has 0 aromatic heterocycles. The standard InChI is InChI=1S/C13H16BrClF2N2.ClH/c14-9-1-2-10(11(15)7-9)12(8-13(16)17)19-5-3-18-4-6-19;/h1-2,7,12-13,18H,3-6,8H2;1H/t12-;/m0./s1. The molecule has 0 bridgehead atoms. The fraction of sp³-hybridized carbons (Fsp3) is 0.538. The highest BCUT2D eigenvalue weighted by molar-refractivity contribution is 9.10. The van der Waals surface area contributed by atoms with Crippen molar-refractivity contribution in [1.29, 1.82) is 0 Å². The Morgan fingerprint density at radius 2 is 1.95 bits per heavy atom. The molecule has 1 heterocycles. The lowest BCUT2D eigenvalue weighted by Crippen LogP contribution is -2.45. The molecule has 20 heavy (non-hydrogen) atoms. The molecule has 0 aliphatic carbocycles. The van der Waals surface area contributed by atoms with Gasteiger partial charge in [-0.3, -0.25) is 4.90 Å². The van der Waals surface area contributed by atoms with Gasteiger partial charge in [-0.1, -0.05) is 33.6 Å².